The SMILES string of the molecule is Cc1nc(Nc2ccc(Cl)c(Cl)c2)cc(C(=O)NCc2cccnc2)n1. The number of rotatable bonds is 5. The Morgan fingerprint density at radius 3 is 2.69 bits per heavy atom. The monoisotopic (exact) mass is 387 g/mol. The van der Waals surface area contributed by atoms with Crippen molar-refractivity contribution in [3.05, 3.63) is 75.9 Å². The number of aromatic nitrogens is 3. The van der Waals surface area contributed by atoms with Crippen LogP contribution >= 0.6 is 23.2 Å². The Balaban J connectivity index is 1.74. The minimum atomic E-state index is -0.295. The van der Waals surface area contributed by atoms with Gasteiger partial charge in [0.05, 0.1) is 10.0 Å². The molecule has 0 spiro atoms. The van der Waals surface area contributed by atoms with Crippen LogP contribution in [0.4, 0.5) is 11.5 Å². The maximum atomic E-state index is 12.4. The molecular weight excluding hydrogens is 373 g/mol. The number of hydrogen-bond acceptors (Lipinski definition) is 5. The van der Waals surface area contributed by atoms with Crippen LogP contribution in [0.5, 0.6) is 0 Å². The first-order chi connectivity index (χ1) is 12.5. The second kappa shape index (κ2) is 8.12. The van der Waals surface area contributed by atoms with E-state index < -0.39 is 0 Å². The molecule has 0 fully saturated rings. The molecule has 0 unspecified atom stereocenters. The number of halogens is 2. The number of nitrogens with zero attached hydrogens (tertiary/aromatic N) is 3. The second-order valence-corrected chi connectivity index (χ2v) is 6.30. The Morgan fingerprint density at radius 1 is 1.12 bits per heavy atom. The highest BCUT2D eigenvalue weighted by Gasteiger charge is 2.11. The standard InChI is InChI=1S/C18H15Cl2N5O/c1-11-23-16(18(26)22-10-12-3-2-6-21-9-12)8-17(24-11)25-13-4-5-14(19)15(20)7-13/h2-9H,10H2,1H3,(H,22,26)(H,23,24,25). The van der Waals surface area contributed by atoms with Gasteiger partial charge in [-0.05, 0) is 36.8 Å². The topological polar surface area (TPSA) is 79.8 Å². The van der Waals surface area contributed by atoms with Gasteiger partial charge in [-0.1, -0.05) is 29.3 Å². The molecule has 0 aliphatic rings. The molecule has 2 aromatic heterocycles. The highest BCUT2D eigenvalue weighted by atomic mass is 35.5. The zero-order valence-electron chi connectivity index (χ0n) is 13.8. The zero-order valence-corrected chi connectivity index (χ0v) is 15.3. The normalized spacial score (nSPS) is 10.4. The van der Waals surface area contributed by atoms with E-state index in [2.05, 4.69) is 25.6 Å². The summed E-state index contributed by atoms with van der Waals surface area (Å²) in [7, 11) is 0. The zero-order chi connectivity index (χ0) is 18.5. The Morgan fingerprint density at radius 2 is 1.96 bits per heavy atom. The summed E-state index contributed by atoms with van der Waals surface area (Å²) < 4.78 is 0. The van der Waals surface area contributed by atoms with Crippen LogP contribution in [-0.4, -0.2) is 20.9 Å². The maximum absolute atomic E-state index is 12.4. The second-order valence-electron chi connectivity index (χ2n) is 5.48. The van der Waals surface area contributed by atoms with Gasteiger partial charge in [0.25, 0.3) is 5.91 Å². The molecule has 0 aliphatic heterocycles. The Hall–Kier alpha value is -2.70. The van der Waals surface area contributed by atoms with Gasteiger partial charge in [-0.25, -0.2) is 9.97 Å². The average Bonchev–Trinajstić information content (AvgIpc) is 2.63. The molecule has 3 aromatic rings. The van der Waals surface area contributed by atoms with Crippen molar-refractivity contribution in [3.8, 4) is 0 Å². The Bertz CT molecular complexity index is 934. The van der Waals surface area contributed by atoms with E-state index in [-0.39, 0.29) is 11.6 Å². The summed E-state index contributed by atoms with van der Waals surface area (Å²) in [5.41, 5.74) is 1.88. The van der Waals surface area contributed by atoms with E-state index in [1.165, 1.54) is 0 Å². The van der Waals surface area contributed by atoms with E-state index in [1.807, 2.05) is 12.1 Å². The van der Waals surface area contributed by atoms with Crippen LogP contribution in [0.15, 0.2) is 48.8 Å². The number of nitrogens with one attached hydrogen (secondary N) is 2. The van der Waals surface area contributed by atoms with Gasteiger partial charge >= 0.3 is 0 Å². The lowest BCUT2D eigenvalue weighted by atomic mass is 10.2. The van der Waals surface area contributed by atoms with Crippen molar-refractivity contribution in [2.75, 3.05) is 5.32 Å². The van der Waals surface area contributed by atoms with E-state index in [9.17, 15) is 4.79 Å². The van der Waals surface area contributed by atoms with Crippen LogP contribution in [0.25, 0.3) is 0 Å². The molecule has 8 heteroatoms. The lowest BCUT2D eigenvalue weighted by molar-refractivity contribution is 0.0945. The summed E-state index contributed by atoms with van der Waals surface area (Å²) in [4.78, 5) is 24.9. The van der Waals surface area contributed by atoms with Crippen LogP contribution in [0.3, 0.4) is 0 Å². The highest BCUT2D eigenvalue weighted by molar-refractivity contribution is 6.42. The van der Waals surface area contributed by atoms with Crippen molar-refractivity contribution in [3.63, 3.8) is 0 Å². The Kier molecular flexibility index (Phi) is 5.65. The molecular formula is C18H15Cl2N5O. The van der Waals surface area contributed by atoms with Gasteiger partial charge in [-0.2, -0.15) is 0 Å². The molecule has 3 rings (SSSR count). The molecule has 0 radical (unpaired) electrons. The van der Waals surface area contributed by atoms with Crippen LogP contribution < -0.4 is 10.6 Å². The van der Waals surface area contributed by atoms with Crippen LogP contribution in [0, 0.1) is 6.92 Å². The molecule has 0 aliphatic carbocycles. The highest BCUT2D eigenvalue weighted by Crippen LogP contribution is 2.26. The lowest BCUT2D eigenvalue weighted by Gasteiger charge is -2.10. The van der Waals surface area contributed by atoms with Crippen molar-refractivity contribution in [2.24, 2.45) is 0 Å². The summed E-state index contributed by atoms with van der Waals surface area (Å²) in [5.74, 6) is 0.667. The van der Waals surface area contributed by atoms with Crippen LogP contribution in [0.1, 0.15) is 21.9 Å². The molecule has 0 saturated carbocycles. The number of anilines is 2. The molecule has 0 atom stereocenters. The van der Waals surface area contributed by atoms with E-state index >= 15 is 0 Å². The van der Waals surface area contributed by atoms with E-state index in [4.69, 9.17) is 23.2 Å². The maximum Gasteiger partial charge on any atom is 0.270 e. The molecule has 2 heterocycles. The van der Waals surface area contributed by atoms with Crippen molar-refractivity contribution in [1.29, 1.82) is 0 Å². The smallest absolute Gasteiger partial charge is 0.270 e. The van der Waals surface area contributed by atoms with Crippen molar-refractivity contribution in [2.45, 2.75) is 13.5 Å². The van der Waals surface area contributed by atoms with Crippen molar-refractivity contribution >= 4 is 40.6 Å². The summed E-state index contributed by atoms with van der Waals surface area (Å²) in [6.45, 7) is 2.09. The van der Waals surface area contributed by atoms with Gasteiger partial charge in [0.15, 0.2) is 0 Å². The number of pyridine rings is 1. The Labute approximate surface area is 160 Å². The first kappa shape index (κ1) is 18.1. The van der Waals surface area contributed by atoms with E-state index in [0.717, 1.165) is 5.56 Å². The van der Waals surface area contributed by atoms with Gasteiger partial charge in [-0.3, -0.25) is 9.78 Å². The third kappa shape index (κ3) is 4.68. The largest absolute Gasteiger partial charge is 0.347 e. The molecule has 132 valence electrons. The van der Waals surface area contributed by atoms with Gasteiger partial charge in [0.2, 0.25) is 0 Å². The summed E-state index contributed by atoms with van der Waals surface area (Å²) >= 11 is 11.9. The van der Waals surface area contributed by atoms with Crippen molar-refractivity contribution < 1.29 is 4.79 Å². The molecule has 26 heavy (non-hydrogen) atoms. The predicted molar refractivity (Wildman–Crippen MR) is 102 cm³/mol. The fourth-order valence-corrected chi connectivity index (χ4v) is 2.54. The summed E-state index contributed by atoms with van der Waals surface area (Å²) in [6.07, 6.45) is 3.38. The first-order valence-corrected chi connectivity index (χ1v) is 8.52. The molecule has 0 bridgehead atoms. The third-order valence-corrected chi connectivity index (χ3v) is 4.18. The average molecular weight is 388 g/mol. The number of benzene rings is 1. The molecule has 0 saturated heterocycles. The quantitative estimate of drug-likeness (QED) is 0.686. The van der Waals surface area contributed by atoms with Gasteiger partial charge < -0.3 is 10.6 Å². The third-order valence-electron chi connectivity index (χ3n) is 3.44. The molecule has 1 amide bonds. The lowest BCUT2D eigenvalue weighted by Crippen LogP contribution is -2.24. The molecule has 6 nitrogen and oxygen atoms in total. The fourth-order valence-electron chi connectivity index (χ4n) is 2.25. The number of carbonyl (C=O) groups is 1. The van der Waals surface area contributed by atoms with Crippen LogP contribution in [0.2, 0.25) is 10.0 Å². The summed E-state index contributed by atoms with van der Waals surface area (Å²) in [5, 5.41) is 6.80. The van der Waals surface area contributed by atoms with E-state index in [0.29, 0.717) is 33.9 Å². The molecule has 2 N–H and O–H groups in total. The fraction of sp³-hybridized carbons (Fsp3) is 0.111. The predicted octanol–water partition coefficient (Wildman–Crippen LogP) is 4.16. The summed E-state index contributed by atoms with van der Waals surface area (Å²) in [6, 6.07) is 10.4. The number of amides is 1. The molecule has 1 aromatic carbocycles. The number of carbonyl (C=O) groups excluding carboxylic acids is 1. The minimum absolute atomic E-state index is 0.268. The van der Waals surface area contributed by atoms with Crippen molar-refractivity contribution in [1.82, 2.24) is 20.3 Å². The van der Waals surface area contributed by atoms with Gasteiger partial charge in [0, 0.05) is 30.7 Å². The van der Waals surface area contributed by atoms with Gasteiger partial charge in [-0.15, -0.1) is 0 Å². The number of aryl methyl sites for hydroxylation is 1. The van der Waals surface area contributed by atoms with Crippen LogP contribution in [-0.2, 0) is 6.54 Å². The number of hydrogen-bond donors (Lipinski definition) is 2. The van der Waals surface area contributed by atoms with Gasteiger partial charge in [0.1, 0.15) is 17.3 Å². The van der Waals surface area contributed by atoms with E-state index in [1.54, 1.807) is 43.6 Å². The minimum Gasteiger partial charge on any atom is -0.347 e. The first-order valence-electron chi connectivity index (χ1n) is 7.76.